The van der Waals surface area contributed by atoms with E-state index in [1.54, 1.807) is 41.5 Å². The molecular weight excluding hydrogens is 203 g/mol. The van der Waals surface area contributed by atoms with E-state index in [1.165, 1.54) is 0 Å². The van der Waals surface area contributed by atoms with Gasteiger partial charge in [0.05, 0.1) is 10.5 Å². The maximum atomic E-state index is 13.6. The van der Waals surface area contributed by atoms with Gasteiger partial charge in [-0.1, -0.05) is 20.8 Å². The van der Waals surface area contributed by atoms with Crippen molar-refractivity contribution in [3.63, 3.8) is 0 Å². The Morgan fingerprint density at radius 2 is 1.43 bits per heavy atom. The molecule has 0 saturated carbocycles. The van der Waals surface area contributed by atoms with Gasteiger partial charge >= 0.3 is 0 Å². The summed E-state index contributed by atoms with van der Waals surface area (Å²) < 4.78 is 36.0. The van der Waals surface area contributed by atoms with Crippen molar-refractivity contribution < 1.29 is 12.8 Å². The van der Waals surface area contributed by atoms with Crippen LogP contribution in [0.5, 0.6) is 0 Å². The lowest BCUT2D eigenvalue weighted by Crippen LogP contribution is -2.38. The van der Waals surface area contributed by atoms with Gasteiger partial charge in [-0.2, -0.15) is 0 Å². The van der Waals surface area contributed by atoms with E-state index < -0.39 is 26.2 Å². The molecule has 14 heavy (non-hydrogen) atoms. The Bertz CT molecular complexity index is 280. The minimum atomic E-state index is -3.36. The Kier molecular flexibility index (Phi) is 3.76. The predicted molar refractivity (Wildman–Crippen MR) is 57.9 cm³/mol. The number of hydrogen-bond acceptors (Lipinski definition) is 2. The van der Waals surface area contributed by atoms with Crippen LogP contribution in [0, 0.1) is 5.41 Å². The smallest absolute Gasteiger partial charge is 0.158 e. The van der Waals surface area contributed by atoms with Gasteiger partial charge in [0.25, 0.3) is 0 Å². The lowest BCUT2D eigenvalue weighted by Gasteiger charge is -2.27. The Morgan fingerprint density at radius 1 is 1.07 bits per heavy atom. The first-order chi connectivity index (χ1) is 5.88. The highest BCUT2D eigenvalue weighted by Crippen LogP contribution is 2.27. The monoisotopic (exact) mass is 224 g/mol. The molecule has 0 unspecified atom stereocenters. The number of sulfone groups is 1. The lowest BCUT2D eigenvalue weighted by atomic mass is 9.91. The van der Waals surface area contributed by atoms with E-state index in [0.29, 0.717) is 0 Å². The lowest BCUT2D eigenvalue weighted by molar-refractivity contribution is 0.183. The third-order valence-electron chi connectivity index (χ3n) is 2.24. The van der Waals surface area contributed by atoms with Gasteiger partial charge in [0, 0.05) is 0 Å². The van der Waals surface area contributed by atoms with Crippen molar-refractivity contribution in [3.05, 3.63) is 0 Å². The fraction of sp³-hybridized carbons (Fsp3) is 1.00. The number of halogens is 1. The standard InChI is InChI=1S/C10H21FO2S/c1-9(2,3)8(11)7-14(12,13)10(4,5)6/h8H,7H2,1-6H3/t8-/m0/s1. The van der Waals surface area contributed by atoms with Gasteiger partial charge in [0.15, 0.2) is 9.84 Å². The first-order valence-corrected chi connectivity index (χ1v) is 6.39. The molecule has 0 rings (SSSR count). The SMILES string of the molecule is CC(C)(C)[C@@H](F)CS(=O)(=O)C(C)(C)C. The molecule has 0 saturated heterocycles. The third-order valence-corrected chi connectivity index (χ3v) is 4.84. The third kappa shape index (κ3) is 3.56. The molecule has 4 heteroatoms. The maximum absolute atomic E-state index is 13.6. The quantitative estimate of drug-likeness (QED) is 0.722. The van der Waals surface area contributed by atoms with E-state index in [2.05, 4.69) is 0 Å². The molecule has 0 aliphatic rings. The number of rotatable bonds is 2. The summed E-state index contributed by atoms with van der Waals surface area (Å²) in [6.45, 7) is 9.90. The summed E-state index contributed by atoms with van der Waals surface area (Å²) in [7, 11) is -3.36. The van der Waals surface area contributed by atoms with Gasteiger partial charge in [-0.3, -0.25) is 0 Å². The molecule has 0 aromatic carbocycles. The van der Waals surface area contributed by atoms with E-state index >= 15 is 0 Å². The van der Waals surface area contributed by atoms with Crippen molar-refractivity contribution in [2.45, 2.75) is 52.5 Å². The summed E-state index contributed by atoms with van der Waals surface area (Å²) in [5.74, 6) is -0.389. The van der Waals surface area contributed by atoms with Gasteiger partial charge in [-0.25, -0.2) is 12.8 Å². The Labute approximate surface area is 86.8 Å². The van der Waals surface area contributed by atoms with Crippen LogP contribution < -0.4 is 0 Å². The molecular formula is C10H21FO2S. The van der Waals surface area contributed by atoms with Crippen LogP contribution in [0.4, 0.5) is 4.39 Å². The highest BCUT2D eigenvalue weighted by molar-refractivity contribution is 7.92. The molecule has 0 fully saturated rings. The van der Waals surface area contributed by atoms with Crippen LogP contribution in [0.25, 0.3) is 0 Å². The zero-order chi connectivity index (χ0) is 11.8. The van der Waals surface area contributed by atoms with Crippen LogP contribution >= 0.6 is 0 Å². The van der Waals surface area contributed by atoms with Gasteiger partial charge in [-0.05, 0) is 26.2 Å². The van der Waals surface area contributed by atoms with Crippen molar-refractivity contribution in [1.29, 1.82) is 0 Å². The molecule has 86 valence electrons. The molecule has 0 aromatic rings. The van der Waals surface area contributed by atoms with E-state index in [-0.39, 0.29) is 5.75 Å². The summed E-state index contributed by atoms with van der Waals surface area (Å²) in [6.07, 6.45) is -1.31. The summed E-state index contributed by atoms with van der Waals surface area (Å²) >= 11 is 0. The summed E-state index contributed by atoms with van der Waals surface area (Å²) in [6, 6.07) is 0. The highest BCUT2D eigenvalue weighted by atomic mass is 32.2. The van der Waals surface area contributed by atoms with Crippen LogP contribution in [0.1, 0.15) is 41.5 Å². The first kappa shape index (κ1) is 13.9. The van der Waals surface area contributed by atoms with Gasteiger partial charge in [-0.15, -0.1) is 0 Å². The maximum Gasteiger partial charge on any atom is 0.158 e. The zero-order valence-corrected chi connectivity index (χ0v) is 10.7. The average Bonchev–Trinajstić information content (AvgIpc) is 1.80. The Hall–Kier alpha value is -0.120. The van der Waals surface area contributed by atoms with E-state index in [4.69, 9.17) is 0 Å². The van der Waals surface area contributed by atoms with Crippen LogP contribution in [0.2, 0.25) is 0 Å². The average molecular weight is 224 g/mol. The van der Waals surface area contributed by atoms with Gasteiger partial charge < -0.3 is 0 Å². The highest BCUT2D eigenvalue weighted by Gasteiger charge is 2.36. The van der Waals surface area contributed by atoms with Crippen molar-refractivity contribution in [2.24, 2.45) is 5.41 Å². The fourth-order valence-corrected chi connectivity index (χ4v) is 2.08. The topological polar surface area (TPSA) is 34.1 Å². The van der Waals surface area contributed by atoms with Gasteiger partial charge in [0.2, 0.25) is 0 Å². The normalized spacial score (nSPS) is 16.8. The summed E-state index contributed by atoms with van der Waals surface area (Å²) in [5.41, 5.74) is -0.613. The zero-order valence-electron chi connectivity index (χ0n) is 9.89. The molecule has 0 aliphatic carbocycles. The van der Waals surface area contributed by atoms with E-state index in [9.17, 15) is 12.8 Å². The van der Waals surface area contributed by atoms with Crippen molar-refractivity contribution in [1.82, 2.24) is 0 Å². The largest absolute Gasteiger partial charge is 0.246 e. The van der Waals surface area contributed by atoms with E-state index in [1.807, 2.05) is 0 Å². The molecule has 1 atom stereocenters. The number of hydrogen-bond donors (Lipinski definition) is 0. The van der Waals surface area contributed by atoms with Crippen molar-refractivity contribution in [3.8, 4) is 0 Å². The Morgan fingerprint density at radius 3 is 1.64 bits per heavy atom. The van der Waals surface area contributed by atoms with Crippen LogP contribution in [0.3, 0.4) is 0 Å². The molecule has 0 amide bonds. The molecule has 0 spiro atoms. The van der Waals surface area contributed by atoms with Gasteiger partial charge in [0.1, 0.15) is 6.17 Å². The van der Waals surface area contributed by atoms with Crippen LogP contribution in [-0.4, -0.2) is 25.1 Å². The molecule has 0 bridgehead atoms. The molecule has 0 heterocycles. The molecule has 0 aliphatic heterocycles. The second-order valence-corrected chi connectivity index (χ2v) is 8.51. The minimum Gasteiger partial charge on any atom is -0.246 e. The fourth-order valence-electron chi connectivity index (χ4n) is 0.693. The molecule has 2 nitrogen and oxygen atoms in total. The summed E-state index contributed by atoms with van der Waals surface area (Å²) in [5, 5.41) is 0. The molecule has 0 N–H and O–H groups in total. The molecule has 0 aromatic heterocycles. The van der Waals surface area contributed by atoms with Crippen molar-refractivity contribution >= 4 is 9.84 Å². The van der Waals surface area contributed by atoms with Crippen LogP contribution in [-0.2, 0) is 9.84 Å². The predicted octanol–water partition coefficient (Wildman–Crippen LogP) is 2.58. The van der Waals surface area contributed by atoms with Crippen molar-refractivity contribution in [2.75, 3.05) is 5.75 Å². The van der Waals surface area contributed by atoms with Crippen LogP contribution in [0.15, 0.2) is 0 Å². The van der Waals surface area contributed by atoms with E-state index in [0.717, 1.165) is 0 Å². The minimum absolute atomic E-state index is 0.389. The second-order valence-electron chi connectivity index (χ2n) is 5.73. The molecule has 0 radical (unpaired) electrons. The number of alkyl halides is 1. The first-order valence-electron chi connectivity index (χ1n) is 4.74. The summed E-state index contributed by atoms with van der Waals surface area (Å²) in [4.78, 5) is 0. The Balaban J connectivity index is 4.72. The second kappa shape index (κ2) is 3.80.